The van der Waals surface area contributed by atoms with E-state index >= 15 is 0 Å². The molecule has 0 spiro atoms. The van der Waals surface area contributed by atoms with Gasteiger partial charge < -0.3 is 0 Å². The van der Waals surface area contributed by atoms with Gasteiger partial charge in [-0.1, -0.05) is 13.8 Å². The topological polar surface area (TPSA) is 34.1 Å². The SMILES string of the molecule is CCC1(CC)C(F)CS1(=O)=O. The van der Waals surface area contributed by atoms with Crippen LogP contribution in [-0.4, -0.2) is 25.1 Å². The molecule has 66 valence electrons. The molecule has 0 aromatic rings. The lowest BCUT2D eigenvalue weighted by Gasteiger charge is -2.42. The summed E-state index contributed by atoms with van der Waals surface area (Å²) in [5.41, 5.74) is 0. The van der Waals surface area contributed by atoms with Gasteiger partial charge in [0.1, 0.15) is 10.9 Å². The van der Waals surface area contributed by atoms with Crippen molar-refractivity contribution >= 4 is 9.84 Å². The molecule has 0 aliphatic carbocycles. The minimum absolute atomic E-state index is 0.269. The van der Waals surface area contributed by atoms with Crippen molar-refractivity contribution in [3.05, 3.63) is 0 Å². The van der Waals surface area contributed by atoms with Gasteiger partial charge in [-0.15, -0.1) is 0 Å². The minimum atomic E-state index is -3.11. The van der Waals surface area contributed by atoms with Gasteiger partial charge in [0.15, 0.2) is 9.84 Å². The zero-order valence-corrected chi connectivity index (χ0v) is 7.62. The molecule has 1 rings (SSSR count). The lowest BCUT2D eigenvalue weighted by molar-refractivity contribution is 0.223. The van der Waals surface area contributed by atoms with Crippen LogP contribution in [0.3, 0.4) is 0 Å². The molecule has 0 aromatic carbocycles. The molecule has 0 aromatic heterocycles. The summed E-state index contributed by atoms with van der Waals surface area (Å²) < 4.78 is 34.3. The summed E-state index contributed by atoms with van der Waals surface area (Å²) >= 11 is 0. The summed E-state index contributed by atoms with van der Waals surface area (Å²) in [6.07, 6.45) is -0.345. The van der Waals surface area contributed by atoms with E-state index in [2.05, 4.69) is 0 Å². The third-order valence-electron chi connectivity index (χ3n) is 2.75. The molecule has 2 nitrogen and oxygen atoms in total. The molecule has 1 saturated heterocycles. The van der Waals surface area contributed by atoms with Crippen LogP contribution in [0.4, 0.5) is 4.39 Å². The molecule has 0 saturated carbocycles. The van der Waals surface area contributed by atoms with E-state index in [4.69, 9.17) is 0 Å². The molecule has 1 aliphatic heterocycles. The third kappa shape index (κ3) is 0.916. The summed E-state index contributed by atoms with van der Waals surface area (Å²) in [5, 5.41) is 0. The molecular weight excluding hydrogens is 167 g/mol. The number of rotatable bonds is 2. The molecule has 1 aliphatic rings. The summed E-state index contributed by atoms with van der Waals surface area (Å²) in [7, 11) is -3.11. The lowest BCUT2D eigenvalue weighted by Crippen LogP contribution is -2.60. The first kappa shape index (κ1) is 8.97. The lowest BCUT2D eigenvalue weighted by atomic mass is 9.96. The Morgan fingerprint density at radius 1 is 1.45 bits per heavy atom. The van der Waals surface area contributed by atoms with E-state index in [0.717, 1.165) is 0 Å². The van der Waals surface area contributed by atoms with Gasteiger partial charge in [0.25, 0.3) is 0 Å². The van der Waals surface area contributed by atoms with Crippen LogP contribution in [0.5, 0.6) is 0 Å². The number of alkyl halides is 1. The van der Waals surface area contributed by atoms with Crippen LogP contribution in [0.1, 0.15) is 26.7 Å². The minimum Gasteiger partial charge on any atom is -0.245 e. The van der Waals surface area contributed by atoms with Crippen LogP contribution in [0, 0.1) is 0 Å². The summed E-state index contributed by atoms with van der Waals surface area (Å²) in [6, 6.07) is 0. The Morgan fingerprint density at radius 2 is 1.91 bits per heavy atom. The van der Waals surface area contributed by atoms with Crippen molar-refractivity contribution in [2.75, 3.05) is 5.75 Å². The highest BCUT2D eigenvalue weighted by Crippen LogP contribution is 2.42. The number of hydrogen-bond donors (Lipinski definition) is 0. The molecular formula is C7H13FO2S. The summed E-state index contributed by atoms with van der Waals surface area (Å²) in [5.74, 6) is -0.269. The van der Waals surface area contributed by atoms with Crippen molar-refractivity contribution in [1.82, 2.24) is 0 Å². The second-order valence-corrected chi connectivity index (χ2v) is 5.40. The maximum absolute atomic E-state index is 13.0. The van der Waals surface area contributed by atoms with Crippen LogP contribution in [0.2, 0.25) is 0 Å². The molecule has 0 N–H and O–H groups in total. The fourth-order valence-electron chi connectivity index (χ4n) is 1.74. The maximum Gasteiger partial charge on any atom is 0.161 e. The van der Waals surface area contributed by atoms with Gasteiger partial charge in [0.2, 0.25) is 0 Å². The van der Waals surface area contributed by atoms with E-state index in [1.807, 2.05) is 0 Å². The normalized spacial score (nSPS) is 32.8. The molecule has 1 fully saturated rings. The highest BCUT2D eigenvalue weighted by Gasteiger charge is 2.58. The molecule has 0 bridgehead atoms. The second kappa shape index (κ2) is 2.44. The highest BCUT2D eigenvalue weighted by atomic mass is 32.2. The van der Waals surface area contributed by atoms with E-state index in [-0.39, 0.29) is 5.75 Å². The Morgan fingerprint density at radius 3 is 2.00 bits per heavy atom. The standard InChI is InChI=1S/C7H13FO2S/c1-3-7(4-2)6(8)5-11(7,9)10/h6H,3-5H2,1-2H3. The van der Waals surface area contributed by atoms with Gasteiger partial charge in [-0.3, -0.25) is 0 Å². The van der Waals surface area contributed by atoms with Crippen LogP contribution in [-0.2, 0) is 9.84 Å². The maximum atomic E-state index is 13.0. The number of halogens is 1. The largest absolute Gasteiger partial charge is 0.245 e. The number of hydrogen-bond acceptors (Lipinski definition) is 2. The zero-order valence-electron chi connectivity index (χ0n) is 6.80. The molecule has 11 heavy (non-hydrogen) atoms. The van der Waals surface area contributed by atoms with Gasteiger partial charge in [-0.05, 0) is 12.8 Å². The van der Waals surface area contributed by atoms with Crippen molar-refractivity contribution in [2.24, 2.45) is 0 Å². The van der Waals surface area contributed by atoms with Crippen LogP contribution >= 0.6 is 0 Å². The average Bonchev–Trinajstić information content (AvgIpc) is 1.88. The zero-order chi connectivity index (χ0) is 8.70. The van der Waals surface area contributed by atoms with Crippen molar-refractivity contribution in [3.63, 3.8) is 0 Å². The quantitative estimate of drug-likeness (QED) is 0.642. The second-order valence-electron chi connectivity index (χ2n) is 3.02. The smallest absolute Gasteiger partial charge is 0.161 e. The first-order valence-corrected chi connectivity index (χ1v) is 5.51. The third-order valence-corrected chi connectivity index (χ3v) is 5.56. The fraction of sp³-hybridized carbons (Fsp3) is 1.00. The monoisotopic (exact) mass is 180 g/mol. The highest BCUT2D eigenvalue weighted by molar-refractivity contribution is 7.94. The molecule has 1 atom stereocenters. The van der Waals surface area contributed by atoms with E-state index in [0.29, 0.717) is 12.8 Å². The Hall–Kier alpha value is -0.120. The van der Waals surface area contributed by atoms with Crippen molar-refractivity contribution in [1.29, 1.82) is 0 Å². The first-order chi connectivity index (χ1) is 5.00. The van der Waals surface area contributed by atoms with Gasteiger partial charge in [-0.2, -0.15) is 0 Å². The summed E-state index contributed by atoms with van der Waals surface area (Å²) in [6.45, 7) is 3.46. The van der Waals surface area contributed by atoms with E-state index in [9.17, 15) is 12.8 Å². The predicted molar refractivity (Wildman–Crippen MR) is 42.0 cm³/mol. The van der Waals surface area contributed by atoms with Gasteiger partial charge >= 0.3 is 0 Å². The van der Waals surface area contributed by atoms with Crippen LogP contribution in [0.25, 0.3) is 0 Å². The Labute approximate surface area is 66.7 Å². The van der Waals surface area contributed by atoms with Crippen LogP contribution in [0.15, 0.2) is 0 Å². The number of sulfone groups is 1. The van der Waals surface area contributed by atoms with Crippen molar-refractivity contribution in [2.45, 2.75) is 37.6 Å². The molecule has 1 heterocycles. The first-order valence-electron chi connectivity index (χ1n) is 3.86. The Kier molecular flexibility index (Phi) is 1.99. The molecule has 0 radical (unpaired) electrons. The van der Waals surface area contributed by atoms with E-state index < -0.39 is 20.8 Å². The molecule has 4 heteroatoms. The fourth-order valence-corrected chi connectivity index (χ4v) is 3.83. The average molecular weight is 180 g/mol. The van der Waals surface area contributed by atoms with Crippen molar-refractivity contribution in [3.8, 4) is 0 Å². The summed E-state index contributed by atoms with van der Waals surface area (Å²) in [4.78, 5) is 0. The van der Waals surface area contributed by atoms with Gasteiger partial charge in [0.05, 0.1) is 5.75 Å². The van der Waals surface area contributed by atoms with E-state index in [1.54, 1.807) is 13.8 Å². The van der Waals surface area contributed by atoms with E-state index in [1.165, 1.54) is 0 Å². The van der Waals surface area contributed by atoms with Crippen molar-refractivity contribution < 1.29 is 12.8 Å². The Bertz CT molecular complexity index is 241. The Balaban J connectivity index is 2.98. The van der Waals surface area contributed by atoms with Crippen LogP contribution < -0.4 is 0 Å². The predicted octanol–water partition coefficient (Wildman–Crippen LogP) is 1.31. The van der Waals surface area contributed by atoms with Gasteiger partial charge in [0, 0.05) is 0 Å². The molecule has 1 unspecified atom stereocenters. The van der Waals surface area contributed by atoms with Gasteiger partial charge in [-0.25, -0.2) is 12.8 Å². The molecule has 0 amide bonds.